The summed E-state index contributed by atoms with van der Waals surface area (Å²) in [5.41, 5.74) is 2.96. The van der Waals surface area contributed by atoms with Gasteiger partial charge < -0.3 is 5.32 Å². The predicted octanol–water partition coefficient (Wildman–Crippen LogP) is -0.0353. The lowest BCUT2D eigenvalue weighted by atomic mass is 10.2. The van der Waals surface area contributed by atoms with E-state index < -0.39 is 0 Å². The Kier molecular flexibility index (Phi) is 2.51. The number of benzene rings is 1. The number of aromatic nitrogens is 2. The van der Waals surface area contributed by atoms with Gasteiger partial charge in [-0.25, -0.2) is 5.84 Å². The summed E-state index contributed by atoms with van der Waals surface area (Å²) in [6.45, 7) is 0.103. The molecule has 0 radical (unpaired) electrons. The minimum absolute atomic E-state index is 0.103. The van der Waals surface area contributed by atoms with Crippen molar-refractivity contribution in [3.63, 3.8) is 0 Å². The average Bonchev–Trinajstić information content (AvgIpc) is 2.69. The van der Waals surface area contributed by atoms with Gasteiger partial charge in [0.25, 0.3) is 5.91 Å². The molecule has 0 saturated carbocycles. The number of carbonyl (C=O) groups excluding carboxylic acids is 1. The first kappa shape index (κ1) is 9.47. The van der Waals surface area contributed by atoms with Crippen LogP contribution in [0.4, 0.5) is 5.82 Å². The first-order valence-electron chi connectivity index (χ1n) is 4.47. The van der Waals surface area contributed by atoms with Gasteiger partial charge in [0.05, 0.1) is 12.1 Å². The Hall–Kier alpha value is -2.08. The third-order valence-electron chi connectivity index (χ3n) is 2.05. The standard InChI is InChI=1S/C9H11N5O/c10-12-8(15)5-11-9-6-3-1-2-4-7(6)13-14-9/h1-4H,5,10H2,(H,12,15)(H2,11,13,14). The predicted molar refractivity (Wildman–Crippen MR) is 56.9 cm³/mol. The summed E-state index contributed by atoms with van der Waals surface area (Å²) in [5.74, 6) is 5.31. The first-order valence-corrected chi connectivity index (χ1v) is 4.47. The van der Waals surface area contributed by atoms with E-state index in [0.29, 0.717) is 5.82 Å². The normalized spacial score (nSPS) is 10.2. The fraction of sp³-hybridized carbons (Fsp3) is 0.111. The molecule has 2 aromatic rings. The van der Waals surface area contributed by atoms with Crippen molar-refractivity contribution < 1.29 is 4.79 Å². The fourth-order valence-corrected chi connectivity index (χ4v) is 1.31. The largest absolute Gasteiger partial charge is 0.359 e. The minimum Gasteiger partial charge on any atom is -0.359 e. The number of rotatable bonds is 3. The zero-order valence-corrected chi connectivity index (χ0v) is 7.95. The molecule has 1 aromatic heterocycles. The van der Waals surface area contributed by atoms with E-state index in [2.05, 4.69) is 15.5 Å². The van der Waals surface area contributed by atoms with E-state index in [1.807, 2.05) is 29.7 Å². The van der Waals surface area contributed by atoms with Crippen molar-refractivity contribution in [1.82, 2.24) is 15.6 Å². The van der Waals surface area contributed by atoms with Gasteiger partial charge in [-0.1, -0.05) is 12.1 Å². The van der Waals surface area contributed by atoms with Crippen LogP contribution in [0.15, 0.2) is 24.3 Å². The van der Waals surface area contributed by atoms with Crippen LogP contribution >= 0.6 is 0 Å². The third-order valence-corrected chi connectivity index (χ3v) is 2.05. The van der Waals surface area contributed by atoms with Crippen LogP contribution in [-0.4, -0.2) is 22.6 Å². The number of fused-ring (bicyclic) bond motifs is 1. The smallest absolute Gasteiger partial charge is 0.253 e. The zero-order chi connectivity index (χ0) is 10.7. The summed E-state index contributed by atoms with van der Waals surface area (Å²) in [6.07, 6.45) is 0. The van der Waals surface area contributed by atoms with Gasteiger partial charge in [0, 0.05) is 5.39 Å². The number of amides is 1. The van der Waals surface area contributed by atoms with Crippen LogP contribution in [0.1, 0.15) is 0 Å². The molecule has 2 rings (SSSR count). The molecule has 1 aromatic carbocycles. The maximum absolute atomic E-state index is 10.9. The Morgan fingerprint density at radius 1 is 1.47 bits per heavy atom. The lowest BCUT2D eigenvalue weighted by molar-refractivity contribution is -0.119. The second-order valence-electron chi connectivity index (χ2n) is 3.04. The Morgan fingerprint density at radius 2 is 2.27 bits per heavy atom. The number of nitrogens with one attached hydrogen (secondary N) is 3. The van der Waals surface area contributed by atoms with Gasteiger partial charge in [-0.05, 0) is 12.1 Å². The molecule has 6 nitrogen and oxygen atoms in total. The number of hydrogen-bond donors (Lipinski definition) is 4. The number of hydrogen-bond acceptors (Lipinski definition) is 4. The van der Waals surface area contributed by atoms with Crippen LogP contribution in [0.3, 0.4) is 0 Å². The van der Waals surface area contributed by atoms with Crippen molar-refractivity contribution in [2.75, 3.05) is 11.9 Å². The number of anilines is 1. The van der Waals surface area contributed by atoms with Crippen molar-refractivity contribution in [3.8, 4) is 0 Å². The monoisotopic (exact) mass is 205 g/mol. The summed E-state index contributed by atoms with van der Waals surface area (Å²) in [6, 6.07) is 7.65. The van der Waals surface area contributed by atoms with Crippen LogP contribution in [0.2, 0.25) is 0 Å². The summed E-state index contributed by atoms with van der Waals surface area (Å²) < 4.78 is 0. The van der Waals surface area contributed by atoms with Crippen molar-refractivity contribution >= 4 is 22.6 Å². The van der Waals surface area contributed by atoms with Crippen LogP contribution in [0.5, 0.6) is 0 Å². The van der Waals surface area contributed by atoms with Crippen LogP contribution in [0, 0.1) is 0 Å². The maximum atomic E-state index is 10.9. The maximum Gasteiger partial charge on any atom is 0.253 e. The Labute approximate surface area is 85.8 Å². The van der Waals surface area contributed by atoms with E-state index in [0.717, 1.165) is 10.9 Å². The van der Waals surface area contributed by atoms with Gasteiger partial charge in [-0.2, -0.15) is 5.10 Å². The molecule has 0 aliphatic carbocycles. The van der Waals surface area contributed by atoms with E-state index in [1.54, 1.807) is 0 Å². The highest BCUT2D eigenvalue weighted by molar-refractivity contribution is 5.91. The fourth-order valence-electron chi connectivity index (χ4n) is 1.31. The number of H-pyrrole nitrogens is 1. The van der Waals surface area contributed by atoms with Crippen LogP contribution in [-0.2, 0) is 4.79 Å². The zero-order valence-electron chi connectivity index (χ0n) is 7.95. The van der Waals surface area contributed by atoms with E-state index in [-0.39, 0.29) is 12.5 Å². The molecule has 15 heavy (non-hydrogen) atoms. The molecule has 1 amide bonds. The van der Waals surface area contributed by atoms with Gasteiger partial charge in [-0.15, -0.1) is 0 Å². The molecule has 0 aliphatic rings. The molecule has 0 unspecified atom stereocenters. The van der Waals surface area contributed by atoms with Crippen LogP contribution < -0.4 is 16.6 Å². The van der Waals surface area contributed by atoms with Crippen molar-refractivity contribution in [3.05, 3.63) is 24.3 Å². The number of para-hydroxylation sites is 1. The van der Waals surface area contributed by atoms with E-state index in [9.17, 15) is 4.79 Å². The second kappa shape index (κ2) is 3.97. The molecule has 6 heteroatoms. The number of carbonyl (C=O) groups is 1. The summed E-state index contributed by atoms with van der Waals surface area (Å²) in [5, 5.41) is 10.7. The van der Waals surface area contributed by atoms with E-state index in [4.69, 9.17) is 5.84 Å². The highest BCUT2D eigenvalue weighted by Crippen LogP contribution is 2.18. The average molecular weight is 205 g/mol. The quantitative estimate of drug-likeness (QED) is 0.321. The Morgan fingerprint density at radius 3 is 3.07 bits per heavy atom. The van der Waals surface area contributed by atoms with E-state index in [1.165, 1.54) is 0 Å². The minimum atomic E-state index is -0.290. The highest BCUT2D eigenvalue weighted by atomic mass is 16.2. The first-order chi connectivity index (χ1) is 7.31. The van der Waals surface area contributed by atoms with Crippen LogP contribution in [0.25, 0.3) is 10.9 Å². The summed E-state index contributed by atoms with van der Waals surface area (Å²) in [4.78, 5) is 10.9. The molecule has 0 atom stereocenters. The Bertz CT molecular complexity index is 478. The van der Waals surface area contributed by atoms with Gasteiger partial charge in [-0.3, -0.25) is 15.3 Å². The molecular weight excluding hydrogens is 194 g/mol. The number of nitrogens with two attached hydrogens (primary N) is 1. The second-order valence-corrected chi connectivity index (χ2v) is 3.04. The van der Waals surface area contributed by atoms with Gasteiger partial charge >= 0.3 is 0 Å². The molecule has 78 valence electrons. The molecule has 0 spiro atoms. The van der Waals surface area contributed by atoms with Gasteiger partial charge in [0.15, 0.2) is 5.82 Å². The van der Waals surface area contributed by atoms with E-state index >= 15 is 0 Å². The topological polar surface area (TPSA) is 95.8 Å². The lowest BCUT2D eigenvalue weighted by Gasteiger charge is -2.01. The SMILES string of the molecule is NNC(=O)CNc1n[nH]c2ccccc12. The lowest BCUT2D eigenvalue weighted by Crippen LogP contribution is -2.35. The number of nitrogens with zero attached hydrogens (tertiary/aromatic N) is 1. The third kappa shape index (κ3) is 1.89. The molecule has 0 saturated heterocycles. The van der Waals surface area contributed by atoms with Crippen molar-refractivity contribution in [2.24, 2.45) is 5.84 Å². The highest BCUT2D eigenvalue weighted by Gasteiger charge is 2.05. The number of aromatic amines is 1. The molecule has 0 fully saturated rings. The Balaban J connectivity index is 2.18. The van der Waals surface area contributed by atoms with Crippen molar-refractivity contribution in [2.45, 2.75) is 0 Å². The van der Waals surface area contributed by atoms with Crippen molar-refractivity contribution in [1.29, 1.82) is 0 Å². The van der Waals surface area contributed by atoms with Gasteiger partial charge in [0.2, 0.25) is 0 Å². The summed E-state index contributed by atoms with van der Waals surface area (Å²) >= 11 is 0. The molecule has 1 heterocycles. The van der Waals surface area contributed by atoms with Gasteiger partial charge in [0.1, 0.15) is 0 Å². The molecule has 5 N–H and O–H groups in total. The summed E-state index contributed by atoms with van der Waals surface area (Å²) in [7, 11) is 0. The number of hydrazine groups is 1. The molecular formula is C9H11N5O. The molecule has 0 aliphatic heterocycles. The molecule has 0 bridgehead atoms.